The van der Waals surface area contributed by atoms with Crippen LogP contribution < -0.4 is 5.73 Å². The van der Waals surface area contributed by atoms with Crippen molar-refractivity contribution in [2.45, 2.75) is 11.0 Å². The van der Waals surface area contributed by atoms with Crippen molar-refractivity contribution in [3.8, 4) is 0 Å². The maximum atomic E-state index is 5.36. The molecule has 0 saturated heterocycles. The van der Waals surface area contributed by atoms with Gasteiger partial charge in [0.05, 0.1) is 0 Å². The van der Waals surface area contributed by atoms with Gasteiger partial charge in [0.15, 0.2) is 0 Å². The van der Waals surface area contributed by atoms with Crippen molar-refractivity contribution in [3.05, 3.63) is 30.3 Å². The van der Waals surface area contributed by atoms with Crippen LogP contribution in [-0.2, 0) is 17.1 Å². The van der Waals surface area contributed by atoms with Crippen molar-refractivity contribution in [3.63, 3.8) is 0 Å². The number of halogens is 1. The molecule has 3 heteroatoms. The summed E-state index contributed by atoms with van der Waals surface area (Å²) in [5.74, 6) is 0. The van der Waals surface area contributed by atoms with Crippen LogP contribution in [0.4, 0.5) is 5.69 Å². The van der Waals surface area contributed by atoms with E-state index in [-0.39, 0.29) is 29.5 Å². The first-order chi connectivity index (χ1) is 4.81. The van der Waals surface area contributed by atoms with Crippen molar-refractivity contribution >= 4 is 18.1 Å². The molecule has 1 nitrogen and oxygen atoms in total. The quantitative estimate of drug-likeness (QED) is 0.533. The second-order valence-corrected chi connectivity index (χ2v) is 5.08. The molecule has 1 aromatic carbocycles. The second kappa shape index (κ2) is 9.93. The van der Waals surface area contributed by atoms with Gasteiger partial charge in [-0.1, -0.05) is 18.2 Å². The Balaban J connectivity index is 0. The molecular weight excluding hydrogens is 211 g/mol. The molecule has 11 heavy (non-hydrogen) atoms. The average molecular weight is 225 g/mol. The number of para-hydroxylation sites is 1. The fourth-order valence-corrected chi connectivity index (χ4v) is 0.453. The van der Waals surface area contributed by atoms with E-state index in [1.807, 2.05) is 30.3 Å². The van der Waals surface area contributed by atoms with E-state index >= 15 is 0 Å². The van der Waals surface area contributed by atoms with Gasteiger partial charge in [0.1, 0.15) is 0 Å². The number of hydrogen-bond acceptors (Lipinski definition) is 1. The van der Waals surface area contributed by atoms with Crippen LogP contribution in [0.2, 0.25) is 11.0 Å². The molecule has 0 spiro atoms. The summed E-state index contributed by atoms with van der Waals surface area (Å²) in [6.07, 6.45) is 0. The number of nitrogens with two attached hydrogens (primary N) is 1. The Kier molecular flexibility index (Phi) is 12.2. The van der Waals surface area contributed by atoms with Crippen molar-refractivity contribution in [1.82, 2.24) is 0 Å². The standard InChI is InChI=1S/C6H7N.2CH3.ClH.Zn/c7-6-4-2-1-3-5-6;;;;/h1-5H,7H2;2*1H3;1H;. The van der Waals surface area contributed by atoms with Gasteiger partial charge in [-0.3, -0.25) is 0 Å². The van der Waals surface area contributed by atoms with Crippen molar-refractivity contribution < 1.29 is 17.1 Å². The van der Waals surface area contributed by atoms with Crippen LogP contribution in [0, 0.1) is 0 Å². The summed E-state index contributed by atoms with van der Waals surface area (Å²) < 4.78 is 0. The van der Waals surface area contributed by atoms with Crippen LogP contribution in [0.15, 0.2) is 30.3 Å². The normalized spacial score (nSPS) is 6.36. The Hall–Kier alpha value is -0.0666. The Bertz CT molecular complexity index is 155. The molecule has 0 heterocycles. The first-order valence-electron chi connectivity index (χ1n) is 3.61. The van der Waals surface area contributed by atoms with Crippen LogP contribution in [0.3, 0.4) is 0 Å². The van der Waals surface area contributed by atoms with E-state index in [1.54, 1.807) is 0 Å². The average Bonchev–Trinajstić information content (AvgIpc) is 1.91. The first-order valence-corrected chi connectivity index (χ1v) is 9.55. The van der Waals surface area contributed by atoms with Crippen LogP contribution in [-0.4, -0.2) is 0 Å². The molecule has 1 aromatic rings. The van der Waals surface area contributed by atoms with Gasteiger partial charge in [-0.25, -0.2) is 0 Å². The van der Waals surface area contributed by atoms with Crippen molar-refractivity contribution in [1.29, 1.82) is 0 Å². The Morgan fingerprint density at radius 2 is 1.45 bits per heavy atom. The van der Waals surface area contributed by atoms with Gasteiger partial charge in [-0.05, 0) is 12.1 Å². The second-order valence-electron chi connectivity index (χ2n) is 2.12. The minimum atomic E-state index is 0. The third kappa shape index (κ3) is 9.93. The molecule has 0 aromatic heterocycles. The third-order valence-corrected chi connectivity index (χ3v) is 0.800. The topological polar surface area (TPSA) is 26.0 Å². The van der Waals surface area contributed by atoms with E-state index < -0.39 is 0 Å². The molecule has 0 aliphatic carbocycles. The van der Waals surface area contributed by atoms with Gasteiger partial charge < -0.3 is 5.73 Å². The van der Waals surface area contributed by atoms with Crippen LogP contribution in [0.5, 0.6) is 0 Å². The fourth-order valence-electron chi connectivity index (χ4n) is 0.453. The molecule has 0 aliphatic rings. The third-order valence-electron chi connectivity index (χ3n) is 0.800. The van der Waals surface area contributed by atoms with E-state index in [0.29, 0.717) is 0 Å². The van der Waals surface area contributed by atoms with E-state index in [9.17, 15) is 0 Å². The van der Waals surface area contributed by atoms with Gasteiger partial charge in [-0.15, -0.1) is 12.4 Å². The number of rotatable bonds is 0. The van der Waals surface area contributed by atoms with E-state index in [1.165, 1.54) is 0 Å². The van der Waals surface area contributed by atoms with Gasteiger partial charge in [-0.2, -0.15) is 0 Å². The summed E-state index contributed by atoms with van der Waals surface area (Å²) in [6, 6.07) is 9.49. The van der Waals surface area contributed by atoms with Crippen LogP contribution in [0.25, 0.3) is 0 Å². The van der Waals surface area contributed by atoms with Crippen LogP contribution >= 0.6 is 12.4 Å². The molecule has 0 radical (unpaired) electrons. The summed E-state index contributed by atoms with van der Waals surface area (Å²) in [7, 11) is 0. The molecular formula is C8H14ClNZn. The molecule has 1 rings (SSSR count). The number of nitrogen functional groups attached to an aromatic ring is 1. The van der Waals surface area contributed by atoms with Gasteiger partial charge >= 0.3 is 28.2 Å². The van der Waals surface area contributed by atoms with Crippen LogP contribution in [0.1, 0.15) is 0 Å². The van der Waals surface area contributed by atoms with E-state index in [0.717, 1.165) is 5.69 Å². The van der Waals surface area contributed by atoms with Crippen molar-refractivity contribution in [2.24, 2.45) is 0 Å². The van der Waals surface area contributed by atoms with Crippen molar-refractivity contribution in [2.75, 3.05) is 5.73 Å². The summed E-state index contributed by atoms with van der Waals surface area (Å²) in [4.78, 5) is 0. The predicted octanol–water partition coefficient (Wildman–Crippen LogP) is 2.86. The summed E-state index contributed by atoms with van der Waals surface area (Å²) in [5, 5.41) is 0. The molecule has 2 N–H and O–H groups in total. The first kappa shape index (κ1) is 13.5. The van der Waals surface area contributed by atoms with Gasteiger partial charge in [0, 0.05) is 5.69 Å². The molecule has 0 bridgehead atoms. The van der Waals surface area contributed by atoms with Gasteiger partial charge in [0.25, 0.3) is 0 Å². The molecule has 0 aliphatic heterocycles. The Morgan fingerprint density at radius 3 is 1.64 bits per heavy atom. The maximum absolute atomic E-state index is 5.36. The van der Waals surface area contributed by atoms with E-state index in [4.69, 9.17) is 5.73 Å². The number of benzene rings is 1. The SMILES string of the molecule is Cl.Nc1ccccc1.[CH3][Zn][CH3]. The van der Waals surface area contributed by atoms with E-state index in [2.05, 4.69) is 11.0 Å². The Labute approximate surface area is 82.4 Å². The summed E-state index contributed by atoms with van der Waals surface area (Å²) in [5.41, 5.74) is 10.8. The minimum absolute atomic E-state index is 0. The molecule has 60 valence electrons. The Morgan fingerprint density at radius 1 is 1.09 bits per heavy atom. The number of hydrogen-bond donors (Lipinski definition) is 1. The summed E-state index contributed by atoms with van der Waals surface area (Å²) >= 11 is 0.125. The molecule has 0 atom stereocenters. The van der Waals surface area contributed by atoms with Gasteiger partial charge in [0.2, 0.25) is 0 Å². The molecule has 0 unspecified atom stereocenters. The zero-order chi connectivity index (χ0) is 7.82. The monoisotopic (exact) mass is 223 g/mol. The molecule has 0 amide bonds. The fraction of sp³-hybridized carbons (Fsp3) is 0.250. The zero-order valence-corrected chi connectivity index (χ0v) is 10.9. The molecule has 0 fully saturated rings. The molecule has 0 saturated carbocycles. The zero-order valence-electron chi connectivity index (χ0n) is 7.08. The predicted molar refractivity (Wildman–Crippen MR) is 49.8 cm³/mol. The number of anilines is 1. The summed E-state index contributed by atoms with van der Waals surface area (Å²) in [6.45, 7) is 0.